The minimum atomic E-state index is 0.945. The summed E-state index contributed by atoms with van der Waals surface area (Å²) in [7, 11) is 0. The van der Waals surface area contributed by atoms with E-state index in [4.69, 9.17) is 9.97 Å². The molecule has 5 heterocycles. The Morgan fingerprint density at radius 1 is 0.315 bits per heavy atom. The van der Waals surface area contributed by atoms with E-state index >= 15 is 0 Å². The molecule has 13 aromatic rings. The van der Waals surface area contributed by atoms with Gasteiger partial charge in [0.05, 0.1) is 33.6 Å². The number of imidazole rings is 1. The highest BCUT2D eigenvalue weighted by molar-refractivity contribution is 6.17. The summed E-state index contributed by atoms with van der Waals surface area (Å²) in [5, 5.41) is 2.20. The molecule has 0 atom stereocenters. The zero-order chi connectivity index (χ0) is 48.8. The predicted octanol–water partition coefficient (Wildman–Crippen LogP) is 17.4. The van der Waals surface area contributed by atoms with Gasteiger partial charge in [-0.2, -0.15) is 0 Å². The Morgan fingerprint density at radius 3 is 1.23 bits per heavy atom. The van der Waals surface area contributed by atoms with Gasteiger partial charge in [0.15, 0.2) is 0 Å². The van der Waals surface area contributed by atoms with Gasteiger partial charge in [-0.15, -0.1) is 0 Å². The number of pyridine rings is 4. The van der Waals surface area contributed by atoms with Crippen LogP contribution < -0.4 is 0 Å². The van der Waals surface area contributed by atoms with E-state index in [2.05, 4.69) is 234 Å². The molecule has 5 nitrogen and oxygen atoms in total. The summed E-state index contributed by atoms with van der Waals surface area (Å²) < 4.78 is 2.34. The molecule has 0 aliphatic carbocycles. The zero-order valence-corrected chi connectivity index (χ0v) is 40.4. The maximum atomic E-state index is 5.09. The van der Waals surface area contributed by atoms with Crippen LogP contribution in [0.1, 0.15) is 11.5 Å². The highest BCUT2D eigenvalue weighted by Gasteiger charge is 2.21. The van der Waals surface area contributed by atoms with E-state index < -0.39 is 0 Å². The maximum absolute atomic E-state index is 5.09. The SMILES string of the molecule is Cc1nc(C)n2c3cc(-c4ccccc4-c4cc(-c5ccccc5-c5ccc(-c6ccccn6)cc5)cc(-c5ccccc5-c5ccc(-c6ccccn6)cc5)c4)ccc3c3nccc(-c4ccccc4)c3c12. The highest BCUT2D eigenvalue weighted by Crippen LogP contribution is 2.44. The number of hydrogen-bond acceptors (Lipinski definition) is 4. The van der Waals surface area contributed by atoms with Crippen molar-refractivity contribution in [3.63, 3.8) is 0 Å². The second kappa shape index (κ2) is 18.3. The number of fused-ring (bicyclic) bond motifs is 6. The molecular weight excluding hydrogens is 887 g/mol. The van der Waals surface area contributed by atoms with Gasteiger partial charge in [-0.25, -0.2) is 4.98 Å². The van der Waals surface area contributed by atoms with Crippen molar-refractivity contribution in [1.29, 1.82) is 0 Å². The Kier molecular flexibility index (Phi) is 10.9. The number of aromatic nitrogens is 5. The molecular formula is C68H47N5. The topological polar surface area (TPSA) is 56.0 Å². The molecule has 0 aliphatic rings. The Bertz CT molecular complexity index is 4040. The molecule has 5 heteroatoms. The lowest BCUT2D eigenvalue weighted by molar-refractivity contribution is 1.07. The van der Waals surface area contributed by atoms with Crippen molar-refractivity contribution in [3.8, 4) is 100 Å². The fourth-order valence-electron chi connectivity index (χ4n) is 10.9. The second-order valence-corrected chi connectivity index (χ2v) is 18.6. The van der Waals surface area contributed by atoms with E-state index in [0.717, 1.165) is 139 Å². The lowest BCUT2D eigenvalue weighted by atomic mass is 9.86. The minimum Gasteiger partial charge on any atom is -0.295 e. The molecule has 0 N–H and O–H groups in total. The smallest absolute Gasteiger partial charge is 0.110 e. The molecule has 0 spiro atoms. The second-order valence-electron chi connectivity index (χ2n) is 18.6. The van der Waals surface area contributed by atoms with Gasteiger partial charge < -0.3 is 0 Å². The molecule has 0 saturated carbocycles. The van der Waals surface area contributed by atoms with Crippen LogP contribution in [0.4, 0.5) is 0 Å². The van der Waals surface area contributed by atoms with E-state index in [-0.39, 0.29) is 0 Å². The van der Waals surface area contributed by atoms with Crippen molar-refractivity contribution in [2.75, 3.05) is 0 Å². The molecule has 0 saturated heterocycles. The van der Waals surface area contributed by atoms with Crippen LogP contribution in [0, 0.1) is 13.8 Å². The van der Waals surface area contributed by atoms with E-state index in [1.807, 2.05) is 42.9 Å². The molecule has 344 valence electrons. The fraction of sp³-hybridized carbons (Fsp3) is 0.0294. The molecule has 0 amide bonds. The summed E-state index contributed by atoms with van der Waals surface area (Å²) in [6.45, 7) is 4.22. The van der Waals surface area contributed by atoms with Gasteiger partial charge in [0.2, 0.25) is 0 Å². The summed E-state index contributed by atoms with van der Waals surface area (Å²) in [6, 6.07) is 82.7. The molecule has 0 bridgehead atoms. The fourth-order valence-corrected chi connectivity index (χ4v) is 10.9. The van der Waals surface area contributed by atoms with Crippen LogP contribution in [0.3, 0.4) is 0 Å². The van der Waals surface area contributed by atoms with Gasteiger partial charge >= 0.3 is 0 Å². The first-order valence-corrected chi connectivity index (χ1v) is 24.8. The number of aryl methyl sites for hydroxylation is 2. The first-order chi connectivity index (χ1) is 36.0. The lowest BCUT2D eigenvalue weighted by Gasteiger charge is -2.18. The average Bonchev–Trinajstić information content (AvgIpc) is 3.78. The zero-order valence-electron chi connectivity index (χ0n) is 40.4. The van der Waals surface area contributed by atoms with Gasteiger partial charge in [0, 0.05) is 40.5 Å². The Labute approximate surface area is 424 Å². The first-order valence-electron chi connectivity index (χ1n) is 24.8. The van der Waals surface area contributed by atoms with Crippen molar-refractivity contribution in [3.05, 3.63) is 261 Å². The highest BCUT2D eigenvalue weighted by atomic mass is 15.0. The van der Waals surface area contributed by atoms with Crippen LogP contribution in [0.15, 0.2) is 249 Å². The molecule has 0 radical (unpaired) electrons. The summed E-state index contributed by atoms with van der Waals surface area (Å²) >= 11 is 0. The van der Waals surface area contributed by atoms with Crippen LogP contribution >= 0.6 is 0 Å². The summed E-state index contributed by atoms with van der Waals surface area (Å²) in [6.07, 6.45) is 5.63. The van der Waals surface area contributed by atoms with Crippen LogP contribution in [0.25, 0.3) is 128 Å². The molecule has 0 aliphatic heterocycles. The van der Waals surface area contributed by atoms with Crippen molar-refractivity contribution in [1.82, 2.24) is 24.3 Å². The standard InChI is InChI=1S/C68H47N5/c1-44-68-66-61(46-16-4-3-5-17-46)36-39-71-67(66)62-35-34-51(43-65(62)73(68)45(2)72-44)57-20-8-11-23-60(57)54-41-52(58-21-9-6-18-55(58)47-26-30-49(31-27-47)63-24-12-14-37-69-63)40-53(42-54)59-22-10-7-19-56(59)48-28-32-50(33-29-48)64-25-13-15-38-70-64/h3-43H,1-2H3. The van der Waals surface area contributed by atoms with Crippen molar-refractivity contribution < 1.29 is 0 Å². The third-order valence-corrected chi connectivity index (χ3v) is 14.3. The Hall–Kier alpha value is -9.58. The molecule has 0 fully saturated rings. The van der Waals surface area contributed by atoms with Crippen LogP contribution in [-0.4, -0.2) is 24.3 Å². The Morgan fingerprint density at radius 2 is 0.740 bits per heavy atom. The van der Waals surface area contributed by atoms with Crippen molar-refractivity contribution in [2.45, 2.75) is 13.8 Å². The molecule has 13 rings (SSSR count). The first kappa shape index (κ1) is 43.4. The molecule has 5 aromatic heterocycles. The average molecular weight is 934 g/mol. The molecule has 8 aromatic carbocycles. The van der Waals surface area contributed by atoms with Crippen LogP contribution in [0.5, 0.6) is 0 Å². The third kappa shape index (κ3) is 7.85. The van der Waals surface area contributed by atoms with E-state index in [9.17, 15) is 0 Å². The van der Waals surface area contributed by atoms with Crippen LogP contribution in [0.2, 0.25) is 0 Å². The van der Waals surface area contributed by atoms with Crippen molar-refractivity contribution in [2.24, 2.45) is 0 Å². The lowest BCUT2D eigenvalue weighted by Crippen LogP contribution is -1.97. The van der Waals surface area contributed by atoms with Crippen LogP contribution in [-0.2, 0) is 0 Å². The predicted molar refractivity (Wildman–Crippen MR) is 302 cm³/mol. The van der Waals surface area contributed by atoms with Crippen molar-refractivity contribution >= 4 is 27.3 Å². The number of benzene rings is 8. The number of nitrogens with zero attached hydrogens (tertiary/aromatic N) is 5. The van der Waals surface area contributed by atoms with E-state index in [0.29, 0.717) is 0 Å². The quantitative estimate of drug-likeness (QED) is 0.135. The summed E-state index contributed by atoms with van der Waals surface area (Å²) in [5.74, 6) is 0.945. The maximum Gasteiger partial charge on any atom is 0.110 e. The largest absolute Gasteiger partial charge is 0.295 e. The monoisotopic (exact) mass is 933 g/mol. The van der Waals surface area contributed by atoms with Gasteiger partial charge in [-0.05, 0) is 146 Å². The summed E-state index contributed by atoms with van der Waals surface area (Å²) in [4.78, 5) is 19.4. The number of hydrogen-bond donors (Lipinski definition) is 0. The van der Waals surface area contributed by atoms with Gasteiger partial charge in [0.25, 0.3) is 0 Å². The van der Waals surface area contributed by atoms with E-state index in [1.165, 1.54) is 0 Å². The Balaban J connectivity index is 0.996. The van der Waals surface area contributed by atoms with Gasteiger partial charge in [-0.1, -0.05) is 176 Å². The third-order valence-electron chi connectivity index (χ3n) is 14.3. The normalized spacial score (nSPS) is 11.4. The minimum absolute atomic E-state index is 0.945. The van der Waals surface area contributed by atoms with Gasteiger partial charge in [0.1, 0.15) is 5.82 Å². The molecule has 73 heavy (non-hydrogen) atoms. The van der Waals surface area contributed by atoms with Gasteiger partial charge in [-0.3, -0.25) is 19.4 Å². The summed E-state index contributed by atoms with van der Waals surface area (Å²) in [5.41, 5.74) is 24.2. The molecule has 0 unspecified atom stereocenters. The number of rotatable bonds is 9. The van der Waals surface area contributed by atoms with E-state index in [1.54, 1.807) is 0 Å².